The molecule has 7 nitrogen and oxygen atoms in total. The number of carbonyl (C=O) groups is 2. The highest BCUT2D eigenvalue weighted by Gasteiger charge is 2.95. The Hall–Kier alpha value is -3.82. The summed E-state index contributed by atoms with van der Waals surface area (Å²) < 4.78 is 46.8. The van der Waals surface area contributed by atoms with E-state index in [1.54, 1.807) is 18.5 Å². The number of rotatable bonds is 6. The fourth-order valence-electron chi connectivity index (χ4n) is 6.15. The van der Waals surface area contributed by atoms with E-state index in [-0.39, 0.29) is 17.9 Å². The van der Waals surface area contributed by atoms with Crippen LogP contribution in [0.2, 0.25) is 0 Å². The minimum atomic E-state index is -4.44. The van der Waals surface area contributed by atoms with E-state index in [1.165, 1.54) is 12.3 Å². The van der Waals surface area contributed by atoms with Gasteiger partial charge in [0, 0.05) is 40.3 Å². The third-order valence-electron chi connectivity index (χ3n) is 8.43. The average Bonchev–Trinajstić information content (AvgIpc) is 3.73. The molecule has 0 aliphatic heterocycles. The molecule has 0 saturated heterocycles. The number of furan rings is 1. The summed E-state index contributed by atoms with van der Waals surface area (Å²) in [6, 6.07) is 6.73. The van der Waals surface area contributed by atoms with E-state index >= 15 is 0 Å². The van der Waals surface area contributed by atoms with Gasteiger partial charge in [0.25, 0.3) is 5.91 Å². The lowest BCUT2D eigenvalue weighted by Crippen LogP contribution is -2.41. The van der Waals surface area contributed by atoms with Gasteiger partial charge in [-0.15, -0.1) is 0 Å². The fraction of sp³-hybridized carbons (Fsp3) is 0.346. The second-order valence-electron chi connectivity index (χ2n) is 10.4. The molecule has 3 aliphatic rings. The van der Waals surface area contributed by atoms with Gasteiger partial charge in [-0.1, -0.05) is 0 Å². The number of benzene rings is 1. The third kappa shape index (κ3) is 2.78. The Morgan fingerprint density at radius 1 is 1.11 bits per heavy atom. The monoisotopic (exact) mass is 495 g/mol. The molecule has 3 aliphatic carbocycles. The van der Waals surface area contributed by atoms with Gasteiger partial charge in [-0.2, -0.15) is 13.2 Å². The van der Waals surface area contributed by atoms with Crippen molar-refractivity contribution in [1.29, 1.82) is 0 Å². The fourth-order valence-corrected chi connectivity index (χ4v) is 6.15. The lowest BCUT2D eigenvalue weighted by atomic mass is 10.0. The first-order valence-corrected chi connectivity index (χ1v) is 11.7. The molecule has 3 aromatic heterocycles. The smallest absolute Gasteiger partial charge is 0.416 e. The zero-order valence-corrected chi connectivity index (χ0v) is 18.9. The van der Waals surface area contributed by atoms with Crippen LogP contribution in [0, 0.1) is 10.8 Å². The van der Waals surface area contributed by atoms with E-state index in [0.717, 1.165) is 30.4 Å². The highest BCUT2D eigenvalue weighted by molar-refractivity contribution is 6.06. The van der Waals surface area contributed by atoms with Gasteiger partial charge in [0.05, 0.1) is 28.6 Å². The standard InChI is InChI=1S/C26H20F3N3O4/c27-26(28,29)16-1-2-19-15(7-16)8-17(36-19)11-32-6-3-14-9-30-10-18(20(14)32)21(33)31-25(4-5-25)24-12-23(24,13-24)22(34)35/h1-3,6-10H,4-5,11-13H2,(H,31,33)(H,34,35). The summed E-state index contributed by atoms with van der Waals surface area (Å²) in [5.74, 6) is -0.643. The van der Waals surface area contributed by atoms with Crippen molar-refractivity contribution in [3.8, 4) is 0 Å². The number of carbonyl (C=O) groups excluding carboxylic acids is 1. The summed E-state index contributed by atoms with van der Waals surface area (Å²) in [7, 11) is 0. The van der Waals surface area contributed by atoms with Crippen molar-refractivity contribution in [2.24, 2.45) is 10.8 Å². The molecule has 0 unspecified atom stereocenters. The Morgan fingerprint density at radius 3 is 2.56 bits per heavy atom. The summed E-state index contributed by atoms with van der Waals surface area (Å²) in [6.07, 6.45) is 3.20. The van der Waals surface area contributed by atoms with Crippen LogP contribution in [0.15, 0.2) is 53.3 Å². The molecule has 7 rings (SSSR count). The van der Waals surface area contributed by atoms with Gasteiger partial charge >= 0.3 is 12.1 Å². The Kier molecular flexibility index (Phi) is 3.87. The first-order chi connectivity index (χ1) is 17.1. The second kappa shape index (κ2) is 6.48. The molecule has 0 atom stereocenters. The van der Waals surface area contributed by atoms with Gasteiger partial charge in [0.2, 0.25) is 0 Å². The van der Waals surface area contributed by atoms with Crippen LogP contribution in [0.1, 0.15) is 47.4 Å². The molecular weight excluding hydrogens is 475 g/mol. The number of aliphatic carboxylic acids is 1. The number of carboxylic acids is 1. The summed E-state index contributed by atoms with van der Waals surface area (Å²) in [4.78, 5) is 29.3. The molecule has 2 N–H and O–H groups in total. The van der Waals surface area contributed by atoms with Crippen LogP contribution in [-0.4, -0.2) is 32.1 Å². The van der Waals surface area contributed by atoms with E-state index in [4.69, 9.17) is 4.42 Å². The van der Waals surface area contributed by atoms with Gasteiger partial charge < -0.3 is 19.4 Å². The van der Waals surface area contributed by atoms with Crippen LogP contribution >= 0.6 is 0 Å². The Morgan fingerprint density at radius 2 is 1.89 bits per heavy atom. The van der Waals surface area contributed by atoms with E-state index in [1.807, 2.05) is 10.6 Å². The topological polar surface area (TPSA) is 97.4 Å². The van der Waals surface area contributed by atoms with Crippen molar-refractivity contribution >= 4 is 33.7 Å². The molecule has 0 spiro atoms. The minimum Gasteiger partial charge on any atom is -0.481 e. The molecule has 0 radical (unpaired) electrons. The van der Waals surface area contributed by atoms with Gasteiger partial charge in [0.1, 0.15) is 11.3 Å². The normalized spacial score (nSPS) is 25.5. The van der Waals surface area contributed by atoms with Crippen molar-refractivity contribution in [3.63, 3.8) is 0 Å². The number of amides is 1. The van der Waals surface area contributed by atoms with E-state index < -0.39 is 28.7 Å². The maximum Gasteiger partial charge on any atom is 0.416 e. The second-order valence-corrected chi connectivity index (χ2v) is 10.4. The molecule has 0 bridgehead atoms. The van der Waals surface area contributed by atoms with Gasteiger partial charge in [0.15, 0.2) is 0 Å². The van der Waals surface area contributed by atoms with Gasteiger partial charge in [-0.25, -0.2) is 0 Å². The number of fused-ring (bicyclic) bond motifs is 3. The molecule has 3 saturated carbocycles. The first-order valence-electron chi connectivity index (χ1n) is 11.7. The lowest BCUT2D eigenvalue weighted by molar-refractivity contribution is -0.141. The number of nitrogens with zero attached hydrogens (tertiary/aromatic N) is 2. The molecule has 36 heavy (non-hydrogen) atoms. The van der Waals surface area contributed by atoms with Crippen LogP contribution in [0.3, 0.4) is 0 Å². The van der Waals surface area contributed by atoms with E-state index in [2.05, 4.69) is 10.3 Å². The van der Waals surface area contributed by atoms with Crippen LogP contribution in [0.25, 0.3) is 21.9 Å². The summed E-state index contributed by atoms with van der Waals surface area (Å²) in [5, 5.41) is 13.8. The number of hydrogen-bond donors (Lipinski definition) is 2. The predicted octanol–water partition coefficient (Wildman–Crippen LogP) is 4.98. The lowest BCUT2D eigenvalue weighted by Gasteiger charge is -2.21. The third-order valence-corrected chi connectivity index (χ3v) is 8.43. The van der Waals surface area contributed by atoms with E-state index in [9.17, 15) is 27.9 Å². The summed E-state index contributed by atoms with van der Waals surface area (Å²) >= 11 is 0. The molecule has 184 valence electrons. The zero-order valence-electron chi connectivity index (χ0n) is 18.9. The zero-order chi connectivity index (χ0) is 25.1. The number of nitrogens with one attached hydrogen (secondary N) is 1. The largest absolute Gasteiger partial charge is 0.481 e. The number of carboxylic acid groups (broad SMARTS) is 1. The molecule has 3 heterocycles. The first kappa shape index (κ1) is 21.5. The maximum atomic E-state index is 13.4. The number of alkyl halides is 3. The molecular formula is C26H20F3N3O4. The summed E-state index contributed by atoms with van der Waals surface area (Å²) in [6.45, 7) is 0.209. The predicted molar refractivity (Wildman–Crippen MR) is 121 cm³/mol. The number of aromatic nitrogens is 2. The molecule has 10 heteroatoms. The highest BCUT2D eigenvalue weighted by Crippen LogP contribution is 2.93. The van der Waals surface area contributed by atoms with Crippen molar-refractivity contribution in [1.82, 2.24) is 14.9 Å². The minimum absolute atomic E-state index is 0.209. The molecule has 1 amide bonds. The van der Waals surface area contributed by atoms with Crippen LogP contribution in [0.4, 0.5) is 13.2 Å². The number of halogens is 3. The van der Waals surface area contributed by atoms with Gasteiger partial charge in [-0.05, 0) is 56.0 Å². The summed E-state index contributed by atoms with van der Waals surface area (Å²) in [5.41, 5.74) is -0.883. The van der Waals surface area contributed by atoms with E-state index in [0.29, 0.717) is 40.7 Å². The van der Waals surface area contributed by atoms with Crippen molar-refractivity contribution in [2.45, 2.75) is 43.9 Å². The number of hydrogen-bond acceptors (Lipinski definition) is 4. The van der Waals surface area contributed by atoms with Crippen LogP contribution < -0.4 is 5.32 Å². The van der Waals surface area contributed by atoms with Gasteiger partial charge in [-0.3, -0.25) is 14.6 Å². The average molecular weight is 495 g/mol. The van der Waals surface area contributed by atoms with Crippen molar-refractivity contribution in [2.75, 3.05) is 0 Å². The van der Waals surface area contributed by atoms with Crippen LogP contribution in [0.5, 0.6) is 0 Å². The van der Waals surface area contributed by atoms with Crippen molar-refractivity contribution in [3.05, 3.63) is 65.8 Å². The highest BCUT2D eigenvalue weighted by atomic mass is 19.4. The number of pyridine rings is 1. The van der Waals surface area contributed by atoms with Crippen LogP contribution in [-0.2, 0) is 17.5 Å². The maximum absolute atomic E-state index is 13.4. The Balaban J connectivity index is 1.19. The Labute approximate surface area is 201 Å². The molecule has 1 aromatic carbocycles. The molecule has 4 aromatic rings. The van der Waals surface area contributed by atoms with Crippen molar-refractivity contribution < 1.29 is 32.3 Å². The SMILES string of the molecule is O=C(NC1(C23CC2(C(=O)O)C3)CC1)c1cncc2ccn(Cc3cc4cc(C(F)(F)F)ccc4o3)c12. The molecule has 3 fully saturated rings. The quantitative estimate of drug-likeness (QED) is 0.393. The Bertz CT molecular complexity index is 1610.